The van der Waals surface area contributed by atoms with Gasteiger partial charge in [-0.05, 0) is 49.6 Å². The molecule has 0 aliphatic rings. The maximum Gasteiger partial charge on any atom is 0.119 e. The molecule has 0 aliphatic heterocycles. The summed E-state index contributed by atoms with van der Waals surface area (Å²) in [4.78, 5) is 0. The topological polar surface area (TPSA) is 21.3 Å². The largest absolute Gasteiger partial charge is 0.489 e. The average Bonchev–Trinajstić information content (AvgIpc) is 2.53. The third-order valence-electron chi connectivity index (χ3n) is 3.46. The van der Waals surface area contributed by atoms with Gasteiger partial charge in [0.2, 0.25) is 0 Å². The van der Waals surface area contributed by atoms with Crippen LogP contribution in [0.5, 0.6) is 5.75 Å². The van der Waals surface area contributed by atoms with Crippen molar-refractivity contribution in [3.8, 4) is 5.75 Å². The lowest BCUT2D eigenvalue weighted by Crippen LogP contribution is -2.28. The minimum Gasteiger partial charge on any atom is -0.489 e. The second-order valence-electron chi connectivity index (χ2n) is 5.48. The molecule has 21 heavy (non-hydrogen) atoms. The van der Waals surface area contributed by atoms with E-state index in [1.54, 1.807) is 0 Å². The van der Waals surface area contributed by atoms with Crippen LogP contribution >= 0.6 is 0 Å². The molecule has 0 aliphatic carbocycles. The third-order valence-corrected chi connectivity index (χ3v) is 3.46. The first-order chi connectivity index (χ1) is 10.3. The molecular weight excluding hydrogens is 258 g/mol. The molecule has 2 aromatic rings. The van der Waals surface area contributed by atoms with Gasteiger partial charge in [0.05, 0.1) is 0 Å². The van der Waals surface area contributed by atoms with Gasteiger partial charge in [0.15, 0.2) is 0 Å². The van der Waals surface area contributed by atoms with Crippen LogP contribution in [-0.2, 0) is 13.0 Å². The Balaban J connectivity index is 1.81. The standard InChI is InChI=1S/C19H25NO/c1-3-13-20-16(2)14-17-9-11-19(12-10-17)21-15-18-7-5-4-6-8-18/h4-12,16,20H,3,13-15H2,1-2H3. The van der Waals surface area contributed by atoms with Crippen LogP contribution in [0.2, 0.25) is 0 Å². The Hall–Kier alpha value is -1.80. The van der Waals surface area contributed by atoms with E-state index in [1.165, 1.54) is 17.5 Å². The van der Waals surface area contributed by atoms with Crippen molar-refractivity contribution in [1.29, 1.82) is 0 Å². The van der Waals surface area contributed by atoms with Crippen molar-refractivity contribution >= 4 is 0 Å². The quantitative estimate of drug-likeness (QED) is 0.784. The number of hydrogen-bond acceptors (Lipinski definition) is 2. The van der Waals surface area contributed by atoms with Crippen molar-refractivity contribution < 1.29 is 4.74 Å². The van der Waals surface area contributed by atoms with Crippen molar-refractivity contribution in [1.82, 2.24) is 5.32 Å². The third kappa shape index (κ3) is 5.60. The van der Waals surface area contributed by atoms with Gasteiger partial charge >= 0.3 is 0 Å². The molecule has 0 amide bonds. The van der Waals surface area contributed by atoms with Gasteiger partial charge in [-0.3, -0.25) is 0 Å². The molecule has 2 heteroatoms. The summed E-state index contributed by atoms with van der Waals surface area (Å²) in [7, 11) is 0. The van der Waals surface area contributed by atoms with Gasteiger partial charge in [-0.1, -0.05) is 49.4 Å². The first kappa shape index (κ1) is 15.6. The zero-order chi connectivity index (χ0) is 14.9. The van der Waals surface area contributed by atoms with E-state index in [1.807, 2.05) is 18.2 Å². The smallest absolute Gasteiger partial charge is 0.119 e. The van der Waals surface area contributed by atoms with Crippen molar-refractivity contribution in [2.24, 2.45) is 0 Å². The van der Waals surface area contributed by atoms with Crippen molar-refractivity contribution in [2.45, 2.75) is 39.3 Å². The molecule has 0 radical (unpaired) electrons. The van der Waals surface area contributed by atoms with E-state index in [0.717, 1.165) is 18.7 Å². The molecule has 1 atom stereocenters. The SMILES string of the molecule is CCCNC(C)Cc1ccc(OCc2ccccc2)cc1. The highest BCUT2D eigenvalue weighted by molar-refractivity contribution is 5.28. The van der Waals surface area contributed by atoms with E-state index in [9.17, 15) is 0 Å². The minimum atomic E-state index is 0.515. The fraction of sp³-hybridized carbons (Fsp3) is 0.368. The van der Waals surface area contributed by atoms with Crippen LogP contribution < -0.4 is 10.1 Å². The molecule has 0 bridgehead atoms. The van der Waals surface area contributed by atoms with Crippen LogP contribution in [0, 0.1) is 0 Å². The predicted molar refractivity (Wildman–Crippen MR) is 88.7 cm³/mol. The summed E-state index contributed by atoms with van der Waals surface area (Å²) in [6, 6.07) is 19.2. The molecule has 0 spiro atoms. The maximum absolute atomic E-state index is 5.80. The van der Waals surface area contributed by atoms with Crippen LogP contribution in [0.25, 0.3) is 0 Å². The van der Waals surface area contributed by atoms with E-state index < -0.39 is 0 Å². The fourth-order valence-corrected chi connectivity index (χ4v) is 2.28. The lowest BCUT2D eigenvalue weighted by Gasteiger charge is -2.13. The first-order valence-corrected chi connectivity index (χ1v) is 7.77. The molecule has 0 heterocycles. The molecule has 0 aromatic heterocycles. The molecule has 0 saturated heterocycles. The fourth-order valence-electron chi connectivity index (χ4n) is 2.28. The monoisotopic (exact) mass is 283 g/mol. The van der Waals surface area contributed by atoms with Gasteiger partial charge < -0.3 is 10.1 Å². The number of ether oxygens (including phenoxy) is 1. The molecule has 2 nitrogen and oxygen atoms in total. The predicted octanol–water partition coefficient (Wildman–Crippen LogP) is 4.20. The highest BCUT2D eigenvalue weighted by Gasteiger charge is 2.03. The van der Waals surface area contributed by atoms with E-state index in [2.05, 4.69) is 55.6 Å². The Kier molecular flexibility index (Phi) is 6.29. The summed E-state index contributed by atoms with van der Waals surface area (Å²) >= 11 is 0. The van der Waals surface area contributed by atoms with Gasteiger partial charge in [0, 0.05) is 6.04 Å². The second-order valence-corrected chi connectivity index (χ2v) is 5.48. The Bertz CT molecular complexity index is 507. The van der Waals surface area contributed by atoms with Gasteiger partial charge in [-0.25, -0.2) is 0 Å². The Morgan fingerprint density at radius 2 is 1.67 bits per heavy atom. The number of rotatable bonds is 8. The normalized spacial score (nSPS) is 12.1. The van der Waals surface area contributed by atoms with Crippen molar-refractivity contribution in [3.63, 3.8) is 0 Å². The molecule has 2 aromatic carbocycles. The number of nitrogens with one attached hydrogen (secondary N) is 1. The minimum absolute atomic E-state index is 0.515. The molecule has 0 fully saturated rings. The maximum atomic E-state index is 5.80. The lowest BCUT2D eigenvalue weighted by atomic mass is 10.1. The highest BCUT2D eigenvalue weighted by Crippen LogP contribution is 2.15. The second kappa shape index (κ2) is 8.48. The first-order valence-electron chi connectivity index (χ1n) is 7.77. The van der Waals surface area contributed by atoms with Gasteiger partial charge in [-0.15, -0.1) is 0 Å². The summed E-state index contributed by atoms with van der Waals surface area (Å²) in [5, 5.41) is 3.51. The van der Waals surface area contributed by atoms with Crippen molar-refractivity contribution in [3.05, 3.63) is 65.7 Å². The number of hydrogen-bond donors (Lipinski definition) is 1. The van der Waals surface area contributed by atoms with Crippen LogP contribution in [0.3, 0.4) is 0 Å². The summed E-state index contributed by atoms with van der Waals surface area (Å²) in [6.07, 6.45) is 2.23. The van der Waals surface area contributed by atoms with Gasteiger partial charge in [0.25, 0.3) is 0 Å². The summed E-state index contributed by atoms with van der Waals surface area (Å²) in [6.45, 7) is 6.13. The van der Waals surface area contributed by atoms with Crippen molar-refractivity contribution in [2.75, 3.05) is 6.54 Å². The van der Waals surface area contributed by atoms with Gasteiger partial charge in [0.1, 0.15) is 12.4 Å². The van der Waals surface area contributed by atoms with Crippen LogP contribution in [-0.4, -0.2) is 12.6 Å². The van der Waals surface area contributed by atoms with Gasteiger partial charge in [-0.2, -0.15) is 0 Å². The highest BCUT2D eigenvalue weighted by atomic mass is 16.5. The van der Waals surface area contributed by atoms with E-state index in [0.29, 0.717) is 12.6 Å². The van der Waals surface area contributed by atoms with E-state index in [-0.39, 0.29) is 0 Å². The molecule has 112 valence electrons. The zero-order valence-electron chi connectivity index (χ0n) is 13.0. The van der Waals surface area contributed by atoms with E-state index in [4.69, 9.17) is 4.74 Å². The molecule has 2 rings (SSSR count). The summed E-state index contributed by atoms with van der Waals surface area (Å²) < 4.78 is 5.80. The zero-order valence-corrected chi connectivity index (χ0v) is 13.0. The Labute approximate surface area is 128 Å². The molecule has 0 saturated carbocycles. The van der Waals surface area contributed by atoms with E-state index >= 15 is 0 Å². The molecule has 1 N–H and O–H groups in total. The molecule has 1 unspecified atom stereocenters. The average molecular weight is 283 g/mol. The Morgan fingerprint density at radius 3 is 2.33 bits per heavy atom. The van der Waals surface area contributed by atoms with Crippen LogP contribution in [0.15, 0.2) is 54.6 Å². The Morgan fingerprint density at radius 1 is 0.952 bits per heavy atom. The number of benzene rings is 2. The summed E-state index contributed by atoms with van der Waals surface area (Å²) in [5.41, 5.74) is 2.54. The molecular formula is C19H25NO. The summed E-state index contributed by atoms with van der Waals surface area (Å²) in [5.74, 6) is 0.928. The lowest BCUT2D eigenvalue weighted by molar-refractivity contribution is 0.306. The van der Waals surface area contributed by atoms with Crippen LogP contribution in [0.4, 0.5) is 0 Å². The van der Waals surface area contributed by atoms with Crippen LogP contribution in [0.1, 0.15) is 31.4 Å².